The minimum Gasteiger partial charge on any atom is -0.311 e. The van der Waals surface area contributed by atoms with E-state index in [-0.39, 0.29) is 0 Å². The Morgan fingerprint density at radius 1 is 1.39 bits per heavy atom. The fourth-order valence-corrected chi connectivity index (χ4v) is 3.17. The molecule has 1 saturated carbocycles. The van der Waals surface area contributed by atoms with E-state index < -0.39 is 0 Å². The molecule has 0 amide bonds. The van der Waals surface area contributed by atoms with Gasteiger partial charge in [-0.1, -0.05) is 13.3 Å². The van der Waals surface area contributed by atoms with Crippen molar-refractivity contribution >= 4 is 22.8 Å². The maximum Gasteiger partial charge on any atom is 0.158 e. The predicted octanol–water partition coefficient (Wildman–Crippen LogP) is 3.01. The van der Waals surface area contributed by atoms with Crippen molar-refractivity contribution in [2.75, 3.05) is 0 Å². The summed E-state index contributed by atoms with van der Waals surface area (Å²) >= 11 is 6.04. The first-order valence-corrected chi connectivity index (χ1v) is 7.02. The summed E-state index contributed by atoms with van der Waals surface area (Å²) in [7, 11) is 1.98. The van der Waals surface area contributed by atoms with Gasteiger partial charge in [0.1, 0.15) is 11.3 Å². The highest BCUT2D eigenvalue weighted by molar-refractivity contribution is 6.16. The summed E-state index contributed by atoms with van der Waals surface area (Å²) in [5, 5.41) is 4.45. The Kier molecular flexibility index (Phi) is 2.66. The molecule has 0 unspecified atom stereocenters. The summed E-state index contributed by atoms with van der Waals surface area (Å²) in [6.45, 7) is 5.36. The number of imidazole rings is 1. The van der Waals surface area contributed by atoms with Gasteiger partial charge < -0.3 is 4.57 Å². The molecule has 1 fully saturated rings. The second-order valence-corrected chi connectivity index (χ2v) is 6.06. The first-order chi connectivity index (χ1) is 8.54. The van der Waals surface area contributed by atoms with Gasteiger partial charge in [-0.25, -0.2) is 4.98 Å². The van der Waals surface area contributed by atoms with Crippen LogP contribution in [-0.2, 0) is 19.5 Å². The molecule has 1 aliphatic rings. The Morgan fingerprint density at radius 2 is 2.11 bits per heavy atom. The second-order valence-electron chi connectivity index (χ2n) is 5.79. The Morgan fingerprint density at radius 3 is 2.67 bits per heavy atom. The second kappa shape index (κ2) is 3.98. The SMILES string of the molecule is Cc1nn(C)c2c1nc(CCl)n2CC1(C)CCC1. The first-order valence-electron chi connectivity index (χ1n) is 6.49. The maximum atomic E-state index is 6.04. The summed E-state index contributed by atoms with van der Waals surface area (Å²) in [5.41, 5.74) is 3.50. The Labute approximate surface area is 112 Å². The number of nitrogens with zero attached hydrogens (tertiary/aromatic N) is 4. The lowest BCUT2D eigenvalue weighted by atomic mass is 9.70. The van der Waals surface area contributed by atoms with Gasteiger partial charge in [0, 0.05) is 13.6 Å². The number of hydrogen-bond donors (Lipinski definition) is 0. The molecule has 2 heterocycles. The number of halogens is 1. The summed E-state index contributed by atoms with van der Waals surface area (Å²) in [4.78, 5) is 4.64. The molecular weight excluding hydrogens is 248 g/mol. The van der Waals surface area contributed by atoms with Crippen molar-refractivity contribution in [2.45, 2.75) is 45.5 Å². The number of aryl methyl sites for hydroxylation is 2. The Hall–Kier alpha value is -1.03. The third-order valence-electron chi connectivity index (χ3n) is 4.19. The molecule has 0 atom stereocenters. The molecule has 4 nitrogen and oxygen atoms in total. The Bertz CT molecular complexity index is 592. The minimum absolute atomic E-state index is 0.409. The van der Waals surface area contributed by atoms with Crippen LogP contribution in [0.25, 0.3) is 11.2 Å². The highest BCUT2D eigenvalue weighted by Crippen LogP contribution is 2.42. The highest BCUT2D eigenvalue weighted by Gasteiger charge is 2.33. The van der Waals surface area contributed by atoms with E-state index in [0.29, 0.717) is 11.3 Å². The predicted molar refractivity (Wildman–Crippen MR) is 72.8 cm³/mol. The van der Waals surface area contributed by atoms with Crippen LogP contribution in [0.2, 0.25) is 0 Å². The molecule has 18 heavy (non-hydrogen) atoms. The molecule has 0 saturated heterocycles. The largest absolute Gasteiger partial charge is 0.311 e. The van der Waals surface area contributed by atoms with E-state index >= 15 is 0 Å². The van der Waals surface area contributed by atoms with Crippen molar-refractivity contribution in [1.82, 2.24) is 19.3 Å². The summed E-state index contributed by atoms with van der Waals surface area (Å²) < 4.78 is 4.19. The number of hydrogen-bond acceptors (Lipinski definition) is 2. The molecule has 2 aromatic rings. The summed E-state index contributed by atoms with van der Waals surface area (Å²) in [6.07, 6.45) is 3.94. The van der Waals surface area contributed by atoms with Crippen LogP contribution in [0.4, 0.5) is 0 Å². The van der Waals surface area contributed by atoms with E-state index in [9.17, 15) is 0 Å². The van der Waals surface area contributed by atoms with E-state index in [0.717, 1.165) is 29.2 Å². The monoisotopic (exact) mass is 266 g/mol. The van der Waals surface area contributed by atoms with Crippen LogP contribution in [0, 0.1) is 12.3 Å². The van der Waals surface area contributed by atoms with Crippen LogP contribution in [0.15, 0.2) is 0 Å². The molecule has 5 heteroatoms. The van der Waals surface area contributed by atoms with E-state index in [1.807, 2.05) is 18.7 Å². The molecule has 2 aromatic heterocycles. The van der Waals surface area contributed by atoms with Gasteiger partial charge in [-0.15, -0.1) is 11.6 Å². The fourth-order valence-electron chi connectivity index (χ4n) is 2.97. The van der Waals surface area contributed by atoms with Gasteiger partial charge in [-0.05, 0) is 25.2 Å². The lowest BCUT2D eigenvalue weighted by molar-refractivity contribution is 0.132. The van der Waals surface area contributed by atoms with Crippen molar-refractivity contribution in [2.24, 2.45) is 12.5 Å². The molecular formula is C13H19ClN4. The van der Waals surface area contributed by atoms with Crippen LogP contribution in [0.5, 0.6) is 0 Å². The smallest absolute Gasteiger partial charge is 0.158 e. The summed E-state index contributed by atoms with van der Waals surface area (Å²) in [6, 6.07) is 0. The average molecular weight is 267 g/mol. The van der Waals surface area contributed by atoms with Gasteiger partial charge in [-0.2, -0.15) is 5.10 Å². The van der Waals surface area contributed by atoms with Gasteiger partial charge in [0.25, 0.3) is 0 Å². The molecule has 0 N–H and O–H groups in total. The molecule has 0 aromatic carbocycles. The molecule has 0 radical (unpaired) electrons. The van der Waals surface area contributed by atoms with E-state index in [1.165, 1.54) is 19.3 Å². The van der Waals surface area contributed by atoms with Crippen molar-refractivity contribution in [1.29, 1.82) is 0 Å². The van der Waals surface area contributed by atoms with Crippen LogP contribution in [-0.4, -0.2) is 19.3 Å². The maximum absolute atomic E-state index is 6.04. The van der Waals surface area contributed by atoms with Crippen molar-refractivity contribution < 1.29 is 0 Å². The highest BCUT2D eigenvalue weighted by atomic mass is 35.5. The van der Waals surface area contributed by atoms with Crippen LogP contribution < -0.4 is 0 Å². The zero-order valence-electron chi connectivity index (χ0n) is 11.2. The van der Waals surface area contributed by atoms with Gasteiger partial charge >= 0.3 is 0 Å². The van der Waals surface area contributed by atoms with Crippen LogP contribution in [0.3, 0.4) is 0 Å². The normalized spacial score (nSPS) is 18.2. The van der Waals surface area contributed by atoms with E-state index in [2.05, 4.69) is 21.6 Å². The minimum atomic E-state index is 0.409. The lowest BCUT2D eigenvalue weighted by Crippen LogP contribution is -2.31. The number of alkyl halides is 1. The van der Waals surface area contributed by atoms with E-state index in [1.54, 1.807) is 0 Å². The summed E-state index contributed by atoms with van der Waals surface area (Å²) in [5.74, 6) is 1.43. The first kappa shape index (κ1) is 12.0. The molecule has 0 aliphatic heterocycles. The number of aromatic nitrogens is 4. The van der Waals surface area contributed by atoms with Crippen molar-refractivity contribution in [3.05, 3.63) is 11.5 Å². The van der Waals surface area contributed by atoms with Gasteiger partial charge in [0.05, 0.1) is 11.6 Å². The molecule has 3 rings (SSSR count). The number of fused-ring (bicyclic) bond motifs is 1. The van der Waals surface area contributed by atoms with Gasteiger partial charge in [-0.3, -0.25) is 4.68 Å². The zero-order valence-corrected chi connectivity index (χ0v) is 12.0. The van der Waals surface area contributed by atoms with E-state index in [4.69, 9.17) is 11.6 Å². The molecule has 0 bridgehead atoms. The average Bonchev–Trinajstić information content (AvgIpc) is 2.77. The van der Waals surface area contributed by atoms with Crippen LogP contribution in [0.1, 0.15) is 37.7 Å². The molecule has 1 aliphatic carbocycles. The fraction of sp³-hybridized carbons (Fsp3) is 0.692. The van der Waals surface area contributed by atoms with Crippen molar-refractivity contribution in [3.8, 4) is 0 Å². The van der Waals surface area contributed by atoms with Gasteiger partial charge in [0.15, 0.2) is 5.65 Å². The number of rotatable bonds is 3. The topological polar surface area (TPSA) is 35.6 Å². The lowest BCUT2D eigenvalue weighted by Gasteiger charge is -2.39. The third-order valence-corrected chi connectivity index (χ3v) is 4.43. The third kappa shape index (κ3) is 1.66. The zero-order chi connectivity index (χ0) is 12.9. The van der Waals surface area contributed by atoms with Crippen LogP contribution >= 0.6 is 11.6 Å². The van der Waals surface area contributed by atoms with Gasteiger partial charge in [0.2, 0.25) is 0 Å². The molecule has 0 spiro atoms. The standard InChI is InChI=1S/C13H19ClN4/c1-9-11-12(17(3)16-9)18(10(7-14)15-11)8-13(2)5-4-6-13/h4-8H2,1-3H3. The molecule has 98 valence electrons. The Balaban J connectivity index is 2.12. The quantitative estimate of drug-likeness (QED) is 0.801. The van der Waals surface area contributed by atoms with Crippen molar-refractivity contribution in [3.63, 3.8) is 0 Å².